The number of rotatable bonds is 4. The van der Waals surface area contributed by atoms with Crippen LogP contribution < -0.4 is 9.64 Å². The zero-order valence-electron chi connectivity index (χ0n) is 14.8. The summed E-state index contributed by atoms with van der Waals surface area (Å²) in [5.41, 5.74) is 3.86. The minimum atomic E-state index is -0.441. The van der Waals surface area contributed by atoms with Crippen LogP contribution in [0.2, 0.25) is 0 Å². The van der Waals surface area contributed by atoms with Crippen molar-refractivity contribution in [2.24, 2.45) is 0 Å². The van der Waals surface area contributed by atoms with Gasteiger partial charge in [-0.05, 0) is 31.5 Å². The van der Waals surface area contributed by atoms with Gasteiger partial charge in [0, 0.05) is 23.1 Å². The highest BCUT2D eigenvalue weighted by Crippen LogP contribution is 2.38. The van der Waals surface area contributed by atoms with Gasteiger partial charge >= 0.3 is 0 Å². The number of benzene rings is 2. The van der Waals surface area contributed by atoms with Gasteiger partial charge in [0.1, 0.15) is 10.8 Å². The van der Waals surface area contributed by atoms with Crippen LogP contribution in [0.4, 0.5) is 5.69 Å². The summed E-state index contributed by atoms with van der Waals surface area (Å²) in [6.07, 6.45) is 0.459. The Morgan fingerprint density at radius 3 is 2.73 bits per heavy atom. The number of thiazole rings is 1. The van der Waals surface area contributed by atoms with Crippen molar-refractivity contribution >= 4 is 22.9 Å². The molecule has 1 unspecified atom stereocenters. The first-order chi connectivity index (χ1) is 12.7. The second-order valence-electron chi connectivity index (χ2n) is 6.34. The third kappa shape index (κ3) is 2.99. The van der Waals surface area contributed by atoms with Crippen LogP contribution in [0.5, 0.6) is 5.75 Å². The molecule has 0 N–H and O–H groups in total. The van der Waals surface area contributed by atoms with Gasteiger partial charge in [0.2, 0.25) is 0 Å². The number of hydrogen-bond donors (Lipinski definition) is 0. The van der Waals surface area contributed by atoms with Crippen LogP contribution in [0, 0.1) is 0 Å². The molecule has 0 fully saturated rings. The lowest BCUT2D eigenvalue weighted by Crippen LogP contribution is -2.44. The molecular formula is C21H20N2O2S. The second-order valence-corrected chi connectivity index (χ2v) is 7.19. The number of amides is 1. The summed E-state index contributed by atoms with van der Waals surface area (Å²) in [5, 5.41) is 3.05. The highest BCUT2D eigenvalue weighted by Gasteiger charge is 2.31. The van der Waals surface area contributed by atoms with Crippen LogP contribution in [0.1, 0.15) is 20.3 Å². The highest BCUT2D eigenvalue weighted by atomic mass is 32.1. The first kappa shape index (κ1) is 16.8. The van der Waals surface area contributed by atoms with Gasteiger partial charge in [0.25, 0.3) is 5.91 Å². The molecule has 1 amide bonds. The van der Waals surface area contributed by atoms with Crippen molar-refractivity contribution in [2.45, 2.75) is 26.4 Å². The summed E-state index contributed by atoms with van der Waals surface area (Å²) in [5.74, 6) is 0.771. The first-order valence-corrected chi connectivity index (χ1v) is 9.68. The smallest absolute Gasteiger partial charge is 0.267 e. The van der Waals surface area contributed by atoms with E-state index in [9.17, 15) is 4.79 Å². The van der Waals surface area contributed by atoms with Crippen molar-refractivity contribution in [2.75, 3.05) is 11.4 Å². The number of fused-ring (bicyclic) bond motifs is 1. The van der Waals surface area contributed by atoms with Crippen LogP contribution in [0.3, 0.4) is 0 Å². The largest absolute Gasteiger partial charge is 0.479 e. The summed E-state index contributed by atoms with van der Waals surface area (Å²) in [6.45, 7) is 4.56. The van der Waals surface area contributed by atoms with E-state index >= 15 is 0 Å². The summed E-state index contributed by atoms with van der Waals surface area (Å²) >= 11 is 1.62. The molecule has 0 aliphatic carbocycles. The second kappa shape index (κ2) is 6.92. The Morgan fingerprint density at radius 1 is 1.15 bits per heavy atom. The number of hydrogen-bond acceptors (Lipinski definition) is 4. The van der Waals surface area contributed by atoms with E-state index in [2.05, 4.69) is 24.4 Å². The topological polar surface area (TPSA) is 42.4 Å². The molecule has 0 spiro atoms. The quantitative estimate of drug-likeness (QED) is 0.654. The van der Waals surface area contributed by atoms with E-state index in [1.807, 2.05) is 41.3 Å². The van der Waals surface area contributed by atoms with Crippen molar-refractivity contribution in [3.63, 3.8) is 0 Å². The van der Waals surface area contributed by atoms with E-state index in [1.54, 1.807) is 18.3 Å². The van der Waals surface area contributed by atoms with Gasteiger partial charge in [-0.3, -0.25) is 4.79 Å². The summed E-state index contributed by atoms with van der Waals surface area (Å²) in [7, 11) is 0. The lowest BCUT2D eigenvalue weighted by molar-refractivity contribution is -0.125. The molecule has 1 aliphatic rings. The molecule has 26 heavy (non-hydrogen) atoms. The fourth-order valence-electron chi connectivity index (χ4n) is 3.14. The minimum Gasteiger partial charge on any atom is -0.479 e. The summed E-state index contributed by atoms with van der Waals surface area (Å²) < 4.78 is 5.78. The van der Waals surface area contributed by atoms with E-state index in [1.165, 1.54) is 0 Å². The van der Waals surface area contributed by atoms with E-state index in [-0.39, 0.29) is 5.91 Å². The zero-order valence-corrected chi connectivity index (χ0v) is 15.6. The van der Waals surface area contributed by atoms with E-state index < -0.39 is 6.10 Å². The van der Waals surface area contributed by atoms with Gasteiger partial charge in [-0.25, -0.2) is 4.98 Å². The molecule has 5 heteroatoms. The summed E-state index contributed by atoms with van der Waals surface area (Å²) in [4.78, 5) is 19.1. The predicted octanol–water partition coefficient (Wildman–Crippen LogP) is 5.00. The van der Waals surface area contributed by atoms with E-state index in [4.69, 9.17) is 9.72 Å². The number of aromatic nitrogens is 1. The van der Waals surface area contributed by atoms with Crippen molar-refractivity contribution in [1.29, 1.82) is 0 Å². The Kier molecular flexibility index (Phi) is 4.47. The molecule has 0 radical (unpaired) electrons. The Morgan fingerprint density at radius 2 is 1.96 bits per heavy atom. The number of anilines is 1. The number of carbonyl (C=O) groups excluding carboxylic acids is 1. The van der Waals surface area contributed by atoms with Crippen molar-refractivity contribution < 1.29 is 9.53 Å². The van der Waals surface area contributed by atoms with Crippen LogP contribution in [0.15, 0.2) is 53.9 Å². The monoisotopic (exact) mass is 364 g/mol. The molecule has 1 aliphatic heterocycles. The average molecular weight is 364 g/mol. The molecule has 1 atom stereocenters. The van der Waals surface area contributed by atoms with Crippen molar-refractivity contribution in [1.82, 2.24) is 4.98 Å². The normalized spacial score (nSPS) is 16.3. The minimum absolute atomic E-state index is 0.0137. The van der Waals surface area contributed by atoms with E-state index in [0.29, 0.717) is 6.54 Å². The van der Waals surface area contributed by atoms with Gasteiger partial charge in [-0.15, -0.1) is 11.3 Å². The SMILES string of the molecule is CCCN1C(=O)C(C)Oc2ccc(-c3csc(-c4ccccc4)n3)cc21. The molecule has 132 valence electrons. The lowest BCUT2D eigenvalue weighted by Gasteiger charge is -2.33. The fraction of sp³-hybridized carbons (Fsp3) is 0.238. The molecule has 1 aromatic heterocycles. The predicted molar refractivity (Wildman–Crippen MR) is 106 cm³/mol. The van der Waals surface area contributed by atoms with Crippen LogP contribution >= 0.6 is 11.3 Å². The van der Waals surface area contributed by atoms with Crippen LogP contribution in [-0.2, 0) is 4.79 Å². The third-order valence-electron chi connectivity index (χ3n) is 4.44. The highest BCUT2D eigenvalue weighted by molar-refractivity contribution is 7.13. The molecule has 4 rings (SSSR count). The first-order valence-electron chi connectivity index (χ1n) is 8.80. The number of carbonyl (C=O) groups is 1. The molecule has 2 heterocycles. The van der Waals surface area contributed by atoms with Gasteiger partial charge in [0.15, 0.2) is 6.10 Å². The molecule has 2 aromatic carbocycles. The van der Waals surface area contributed by atoms with Gasteiger partial charge in [0.05, 0.1) is 11.4 Å². The molecule has 0 bridgehead atoms. The van der Waals surface area contributed by atoms with Crippen molar-refractivity contribution in [3.8, 4) is 27.6 Å². The standard InChI is InChI=1S/C21H20N2O2S/c1-3-11-23-18-12-16(9-10-19(18)25-14(2)21(23)24)17-13-26-20(22-17)15-7-5-4-6-8-15/h4-10,12-14H,3,11H2,1-2H3. The Balaban J connectivity index is 1.71. The summed E-state index contributed by atoms with van der Waals surface area (Å²) in [6, 6.07) is 16.1. The maximum atomic E-state index is 12.5. The Hall–Kier alpha value is -2.66. The Labute approximate surface area is 157 Å². The molecule has 0 saturated carbocycles. The van der Waals surface area contributed by atoms with Gasteiger partial charge in [-0.2, -0.15) is 0 Å². The van der Waals surface area contributed by atoms with Gasteiger partial charge < -0.3 is 9.64 Å². The van der Waals surface area contributed by atoms with Crippen molar-refractivity contribution in [3.05, 3.63) is 53.9 Å². The van der Waals surface area contributed by atoms with E-state index in [0.717, 1.165) is 39.7 Å². The van der Waals surface area contributed by atoms with Crippen LogP contribution in [0.25, 0.3) is 21.8 Å². The third-order valence-corrected chi connectivity index (χ3v) is 5.33. The zero-order chi connectivity index (χ0) is 18.1. The number of ether oxygens (including phenoxy) is 1. The average Bonchev–Trinajstić information content (AvgIpc) is 3.16. The molecular weight excluding hydrogens is 344 g/mol. The fourth-order valence-corrected chi connectivity index (χ4v) is 3.98. The lowest BCUT2D eigenvalue weighted by atomic mass is 10.1. The van der Waals surface area contributed by atoms with Crippen LogP contribution in [-0.4, -0.2) is 23.5 Å². The molecule has 0 saturated heterocycles. The molecule has 3 aromatic rings. The number of nitrogens with zero attached hydrogens (tertiary/aromatic N) is 2. The van der Waals surface area contributed by atoms with Gasteiger partial charge in [-0.1, -0.05) is 37.3 Å². The molecule has 4 nitrogen and oxygen atoms in total. The Bertz CT molecular complexity index is 936. The maximum Gasteiger partial charge on any atom is 0.267 e. The maximum absolute atomic E-state index is 12.5.